The molecule has 0 fully saturated rings. The van der Waals surface area contributed by atoms with Gasteiger partial charge in [-0.1, -0.05) is 31.9 Å². The van der Waals surface area contributed by atoms with E-state index in [2.05, 4.69) is 29.1 Å². The molecule has 1 aromatic rings. The fourth-order valence-corrected chi connectivity index (χ4v) is 1.55. The summed E-state index contributed by atoms with van der Waals surface area (Å²) in [6, 6.07) is 0.391. The summed E-state index contributed by atoms with van der Waals surface area (Å²) < 4.78 is 0. The fourth-order valence-electron chi connectivity index (χ4n) is 1.40. The summed E-state index contributed by atoms with van der Waals surface area (Å²) in [5.74, 6) is 0.873. The normalized spacial score (nSPS) is 12.5. The zero-order valence-electron chi connectivity index (χ0n) is 9.13. The van der Waals surface area contributed by atoms with E-state index in [4.69, 9.17) is 17.3 Å². The topological polar surface area (TPSA) is 63.8 Å². The highest BCUT2D eigenvalue weighted by Gasteiger charge is 2.09. The molecule has 0 bridgehead atoms. The van der Waals surface area contributed by atoms with E-state index in [1.807, 2.05) is 0 Å². The summed E-state index contributed by atoms with van der Waals surface area (Å²) in [5.41, 5.74) is 5.50. The summed E-state index contributed by atoms with van der Waals surface area (Å²) in [6.45, 7) is 4.28. The van der Waals surface area contributed by atoms with Crippen molar-refractivity contribution in [2.75, 3.05) is 11.1 Å². The van der Waals surface area contributed by atoms with Crippen LogP contribution < -0.4 is 11.1 Å². The van der Waals surface area contributed by atoms with Crippen LogP contribution in [0, 0.1) is 0 Å². The van der Waals surface area contributed by atoms with Gasteiger partial charge in [-0.2, -0.15) is 4.98 Å². The molecule has 0 aliphatic carbocycles. The maximum absolute atomic E-state index is 5.95. The maximum atomic E-state index is 5.95. The standard InChI is InChI=1S/C10H17ClN4/c1-3-5-7(4-2)14-9-8(11)6-13-10(12)15-9/h6-7H,3-5H2,1-2H3,(H3,12,13,14,15). The Morgan fingerprint density at radius 2 is 2.27 bits per heavy atom. The Kier molecular flexibility index (Phi) is 4.62. The smallest absolute Gasteiger partial charge is 0.222 e. The van der Waals surface area contributed by atoms with Gasteiger partial charge in [-0.25, -0.2) is 4.98 Å². The third-order valence-electron chi connectivity index (χ3n) is 2.23. The highest BCUT2D eigenvalue weighted by Crippen LogP contribution is 2.20. The summed E-state index contributed by atoms with van der Waals surface area (Å²) in [7, 11) is 0. The number of aromatic nitrogens is 2. The number of hydrogen-bond acceptors (Lipinski definition) is 4. The minimum Gasteiger partial charge on any atom is -0.368 e. The predicted octanol–water partition coefficient (Wildman–Crippen LogP) is 2.70. The number of anilines is 2. The molecule has 3 N–H and O–H groups in total. The zero-order chi connectivity index (χ0) is 11.3. The molecule has 1 atom stereocenters. The van der Waals surface area contributed by atoms with E-state index in [-0.39, 0.29) is 5.95 Å². The van der Waals surface area contributed by atoms with Crippen LogP contribution in [-0.4, -0.2) is 16.0 Å². The third kappa shape index (κ3) is 3.55. The van der Waals surface area contributed by atoms with Gasteiger partial charge in [0, 0.05) is 6.04 Å². The Morgan fingerprint density at radius 3 is 2.87 bits per heavy atom. The number of nitrogens with one attached hydrogen (secondary N) is 1. The Labute approximate surface area is 95.3 Å². The van der Waals surface area contributed by atoms with Crippen LogP contribution in [0.25, 0.3) is 0 Å². The first-order valence-electron chi connectivity index (χ1n) is 5.21. The highest BCUT2D eigenvalue weighted by atomic mass is 35.5. The molecular formula is C10H17ClN4. The van der Waals surface area contributed by atoms with E-state index < -0.39 is 0 Å². The number of nitrogen functional groups attached to an aromatic ring is 1. The molecule has 1 unspecified atom stereocenters. The number of nitrogens with two attached hydrogens (primary N) is 1. The minimum absolute atomic E-state index is 0.244. The van der Waals surface area contributed by atoms with Gasteiger partial charge in [-0.3, -0.25) is 0 Å². The first-order chi connectivity index (χ1) is 7.17. The van der Waals surface area contributed by atoms with Crippen molar-refractivity contribution in [3.63, 3.8) is 0 Å². The molecule has 0 spiro atoms. The van der Waals surface area contributed by atoms with Crippen molar-refractivity contribution in [1.82, 2.24) is 9.97 Å². The molecule has 84 valence electrons. The summed E-state index contributed by atoms with van der Waals surface area (Å²) in [4.78, 5) is 7.88. The largest absolute Gasteiger partial charge is 0.368 e. The molecule has 0 aromatic carbocycles. The van der Waals surface area contributed by atoms with Gasteiger partial charge < -0.3 is 11.1 Å². The van der Waals surface area contributed by atoms with E-state index in [1.165, 1.54) is 6.20 Å². The number of halogens is 1. The molecule has 0 saturated heterocycles. The molecule has 0 aliphatic heterocycles. The molecule has 0 amide bonds. The van der Waals surface area contributed by atoms with Crippen LogP contribution in [0.5, 0.6) is 0 Å². The molecule has 0 aliphatic rings. The van der Waals surface area contributed by atoms with Crippen LogP contribution in [0.1, 0.15) is 33.1 Å². The van der Waals surface area contributed by atoms with Crippen LogP contribution >= 0.6 is 11.6 Å². The average molecular weight is 229 g/mol. The molecule has 1 heterocycles. The molecule has 1 aromatic heterocycles. The molecular weight excluding hydrogens is 212 g/mol. The lowest BCUT2D eigenvalue weighted by Gasteiger charge is -2.17. The van der Waals surface area contributed by atoms with Crippen molar-refractivity contribution in [1.29, 1.82) is 0 Å². The maximum Gasteiger partial charge on any atom is 0.222 e. The van der Waals surface area contributed by atoms with Crippen LogP contribution in [0.3, 0.4) is 0 Å². The monoisotopic (exact) mass is 228 g/mol. The zero-order valence-corrected chi connectivity index (χ0v) is 9.88. The number of nitrogens with zero attached hydrogens (tertiary/aromatic N) is 2. The van der Waals surface area contributed by atoms with Crippen LogP contribution in [0.15, 0.2) is 6.20 Å². The lowest BCUT2D eigenvalue weighted by atomic mass is 10.1. The van der Waals surface area contributed by atoms with E-state index >= 15 is 0 Å². The molecule has 0 saturated carbocycles. The molecule has 0 radical (unpaired) electrons. The van der Waals surface area contributed by atoms with Crippen molar-refractivity contribution in [3.05, 3.63) is 11.2 Å². The predicted molar refractivity (Wildman–Crippen MR) is 64.1 cm³/mol. The van der Waals surface area contributed by atoms with Crippen LogP contribution in [0.2, 0.25) is 5.02 Å². The lowest BCUT2D eigenvalue weighted by molar-refractivity contribution is 0.620. The van der Waals surface area contributed by atoms with Crippen molar-refractivity contribution in [2.45, 2.75) is 39.2 Å². The fraction of sp³-hybridized carbons (Fsp3) is 0.600. The molecule has 4 nitrogen and oxygen atoms in total. The van der Waals surface area contributed by atoms with Crippen molar-refractivity contribution in [2.24, 2.45) is 0 Å². The minimum atomic E-state index is 0.244. The highest BCUT2D eigenvalue weighted by molar-refractivity contribution is 6.32. The quantitative estimate of drug-likeness (QED) is 0.814. The van der Waals surface area contributed by atoms with E-state index in [0.29, 0.717) is 16.9 Å². The second kappa shape index (κ2) is 5.75. The van der Waals surface area contributed by atoms with Crippen molar-refractivity contribution < 1.29 is 0 Å². The Morgan fingerprint density at radius 1 is 1.53 bits per heavy atom. The summed E-state index contributed by atoms with van der Waals surface area (Å²) in [6.07, 6.45) is 4.78. The third-order valence-corrected chi connectivity index (χ3v) is 2.51. The Bertz CT molecular complexity index is 316. The number of hydrogen-bond donors (Lipinski definition) is 2. The van der Waals surface area contributed by atoms with Gasteiger partial charge in [0.2, 0.25) is 5.95 Å². The van der Waals surface area contributed by atoms with Gasteiger partial charge in [0.15, 0.2) is 5.82 Å². The van der Waals surface area contributed by atoms with Gasteiger partial charge in [0.25, 0.3) is 0 Å². The van der Waals surface area contributed by atoms with Gasteiger partial charge in [0.05, 0.1) is 6.20 Å². The Hall–Kier alpha value is -1.03. The van der Waals surface area contributed by atoms with Crippen molar-refractivity contribution in [3.8, 4) is 0 Å². The molecule has 1 rings (SSSR count). The van der Waals surface area contributed by atoms with Crippen LogP contribution in [0.4, 0.5) is 11.8 Å². The van der Waals surface area contributed by atoms with Crippen molar-refractivity contribution >= 4 is 23.4 Å². The first-order valence-corrected chi connectivity index (χ1v) is 5.59. The van der Waals surface area contributed by atoms with Gasteiger partial charge in [-0.05, 0) is 12.8 Å². The van der Waals surface area contributed by atoms with E-state index in [0.717, 1.165) is 19.3 Å². The van der Waals surface area contributed by atoms with Crippen LogP contribution in [-0.2, 0) is 0 Å². The summed E-state index contributed by atoms with van der Waals surface area (Å²) in [5, 5.41) is 3.79. The lowest BCUT2D eigenvalue weighted by Crippen LogP contribution is -2.19. The van der Waals surface area contributed by atoms with E-state index in [1.54, 1.807) is 0 Å². The van der Waals surface area contributed by atoms with Gasteiger partial charge >= 0.3 is 0 Å². The second-order valence-corrected chi connectivity index (χ2v) is 3.87. The average Bonchev–Trinajstić information content (AvgIpc) is 2.22. The molecule has 5 heteroatoms. The Balaban J connectivity index is 2.73. The van der Waals surface area contributed by atoms with E-state index in [9.17, 15) is 0 Å². The first kappa shape index (κ1) is 12.0. The second-order valence-electron chi connectivity index (χ2n) is 3.46. The summed E-state index contributed by atoms with van der Waals surface area (Å²) >= 11 is 5.95. The number of rotatable bonds is 5. The SMILES string of the molecule is CCCC(CC)Nc1nc(N)ncc1Cl. The van der Waals surface area contributed by atoms with Gasteiger partial charge in [0.1, 0.15) is 5.02 Å². The van der Waals surface area contributed by atoms with Gasteiger partial charge in [-0.15, -0.1) is 0 Å². The molecule has 15 heavy (non-hydrogen) atoms.